The lowest BCUT2D eigenvalue weighted by Crippen LogP contribution is -2.20. The van der Waals surface area contributed by atoms with Crippen molar-refractivity contribution in [3.8, 4) is 0 Å². The van der Waals surface area contributed by atoms with E-state index in [0.717, 1.165) is 5.69 Å². The van der Waals surface area contributed by atoms with Crippen LogP contribution >= 0.6 is 0 Å². The van der Waals surface area contributed by atoms with Crippen molar-refractivity contribution in [3.05, 3.63) is 48.0 Å². The van der Waals surface area contributed by atoms with Gasteiger partial charge in [0.15, 0.2) is 0 Å². The molecule has 1 N–H and O–H groups in total. The summed E-state index contributed by atoms with van der Waals surface area (Å²) in [5.41, 5.74) is 1.35. The Hall–Kier alpha value is -2.17. The zero-order valence-corrected chi connectivity index (χ0v) is 9.35. The molecule has 1 heterocycles. The van der Waals surface area contributed by atoms with Gasteiger partial charge in [0.1, 0.15) is 12.4 Å². The topological polar surface area (TPSA) is 46.9 Å². The maximum absolute atomic E-state index is 12.9. The van der Waals surface area contributed by atoms with Gasteiger partial charge in [0.25, 0.3) is 0 Å². The van der Waals surface area contributed by atoms with Crippen LogP contribution in [0.5, 0.6) is 0 Å². The van der Waals surface area contributed by atoms with Crippen LogP contribution in [0.25, 0.3) is 0 Å². The van der Waals surface area contributed by atoms with Crippen LogP contribution in [0, 0.1) is 12.7 Å². The normalized spacial score (nSPS) is 10.2. The SMILES string of the molecule is Cc1ccnn1CC(=O)Nc1cccc(F)c1. The first-order valence-corrected chi connectivity index (χ1v) is 5.19. The molecule has 0 aliphatic heterocycles. The van der Waals surface area contributed by atoms with E-state index in [9.17, 15) is 9.18 Å². The number of nitrogens with one attached hydrogen (secondary N) is 1. The number of hydrogen-bond donors (Lipinski definition) is 1. The molecular weight excluding hydrogens is 221 g/mol. The molecule has 4 nitrogen and oxygen atoms in total. The minimum Gasteiger partial charge on any atom is -0.324 e. The van der Waals surface area contributed by atoms with Crippen LogP contribution in [0.2, 0.25) is 0 Å². The maximum atomic E-state index is 12.9. The van der Waals surface area contributed by atoms with Gasteiger partial charge in [-0.2, -0.15) is 5.10 Å². The fraction of sp³-hybridized carbons (Fsp3) is 0.167. The number of halogens is 1. The summed E-state index contributed by atoms with van der Waals surface area (Å²) < 4.78 is 14.5. The highest BCUT2D eigenvalue weighted by atomic mass is 19.1. The van der Waals surface area contributed by atoms with Gasteiger partial charge in [-0.25, -0.2) is 4.39 Å². The molecule has 0 fully saturated rings. The van der Waals surface area contributed by atoms with Crippen molar-refractivity contribution in [2.24, 2.45) is 0 Å². The van der Waals surface area contributed by atoms with Gasteiger partial charge < -0.3 is 5.32 Å². The Labute approximate surface area is 98.1 Å². The molecule has 0 saturated carbocycles. The summed E-state index contributed by atoms with van der Waals surface area (Å²) in [4.78, 5) is 11.6. The smallest absolute Gasteiger partial charge is 0.246 e. The Balaban J connectivity index is 2.01. The Kier molecular flexibility index (Phi) is 3.18. The van der Waals surface area contributed by atoms with Gasteiger partial charge in [-0.1, -0.05) is 6.07 Å². The van der Waals surface area contributed by atoms with Crippen LogP contribution in [0.3, 0.4) is 0 Å². The standard InChI is InChI=1S/C12H12FN3O/c1-9-5-6-14-16(9)8-12(17)15-11-4-2-3-10(13)7-11/h2-7H,8H2,1H3,(H,15,17). The van der Waals surface area contributed by atoms with E-state index in [4.69, 9.17) is 0 Å². The van der Waals surface area contributed by atoms with Gasteiger partial charge in [-0.05, 0) is 31.2 Å². The van der Waals surface area contributed by atoms with Gasteiger partial charge in [0.2, 0.25) is 5.91 Å². The van der Waals surface area contributed by atoms with E-state index in [1.54, 1.807) is 23.0 Å². The highest BCUT2D eigenvalue weighted by Crippen LogP contribution is 2.09. The second-order valence-corrected chi connectivity index (χ2v) is 3.69. The predicted octanol–water partition coefficient (Wildman–Crippen LogP) is 1.97. The molecule has 5 heteroatoms. The van der Waals surface area contributed by atoms with Crippen molar-refractivity contribution in [2.45, 2.75) is 13.5 Å². The molecule has 17 heavy (non-hydrogen) atoms. The monoisotopic (exact) mass is 233 g/mol. The van der Waals surface area contributed by atoms with E-state index < -0.39 is 0 Å². The third-order valence-corrected chi connectivity index (χ3v) is 2.33. The van der Waals surface area contributed by atoms with Crippen LogP contribution in [0.1, 0.15) is 5.69 Å². The number of amides is 1. The number of nitrogens with zero attached hydrogens (tertiary/aromatic N) is 2. The molecule has 1 aromatic heterocycles. The molecule has 2 rings (SSSR count). The summed E-state index contributed by atoms with van der Waals surface area (Å²) in [6.45, 7) is 1.98. The van der Waals surface area contributed by atoms with Gasteiger partial charge in [0.05, 0.1) is 0 Å². The fourth-order valence-electron chi connectivity index (χ4n) is 1.47. The van der Waals surface area contributed by atoms with E-state index in [0.29, 0.717) is 5.69 Å². The number of carbonyl (C=O) groups excluding carboxylic acids is 1. The van der Waals surface area contributed by atoms with E-state index in [1.807, 2.05) is 13.0 Å². The van der Waals surface area contributed by atoms with Crippen molar-refractivity contribution in [3.63, 3.8) is 0 Å². The first-order chi connectivity index (χ1) is 8.15. The highest BCUT2D eigenvalue weighted by Gasteiger charge is 2.06. The summed E-state index contributed by atoms with van der Waals surface area (Å²) in [6, 6.07) is 7.59. The zero-order chi connectivity index (χ0) is 12.3. The van der Waals surface area contributed by atoms with Crippen molar-refractivity contribution in [1.29, 1.82) is 0 Å². The van der Waals surface area contributed by atoms with Crippen molar-refractivity contribution in [1.82, 2.24) is 9.78 Å². The third kappa shape index (κ3) is 2.90. The van der Waals surface area contributed by atoms with Crippen LogP contribution in [-0.2, 0) is 11.3 Å². The van der Waals surface area contributed by atoms with E-state index in [2.05, 4.69) is 10.4 Å². The predicted molar refractivity (Wildman–Crippen MR) is 62.0 cm³/mol. The van der Waals surface area contributed by atoms with Gasteiger partial charge in [0, 0.05) is 17.6 Å². The summed E-state index contributed by atoms with van der Waals surface area (Å²) >= 11 is 0. The molecule has 1 amide bonds. The number of aromatic nitrogens is 2. The van der Waals surface area contributed by atoms with Gasteiger partial charge in [-0.15, -0.1) is 0 Å². The number of aryl methyl sites for hydroxylation is 1. The molecule has 0 radical (unpaired) electrons. The molecule has 0 aliphatic rings. The molecule has 2 aromatic rings. The molecule has 88 valence electrons. The van der Waals surface area contributed by atoms with E-state index >= 15 is 0 Å². The Morgan fingerprint density at radius 3 is 2.94 bits per heavy atom. The Bertz CT molecular complexity index is 536. The van der Waals surface area contributed by atoms with Gasteiger partial charge in [-0.3, -0.25) is 9.48 Å². The molecular formula is C12H12FN3O. The van der Waals surface area contributed by atoms with Crippen molar-refractivity contribution in [2.75, 3.05) is 5.32 Å². The van der Waals surface area contributed by atoms with Crippen LogP contribution < -0.4 is 5.32 Å². The number of hydrogen-bond acceptors (Lipinski definition) is 2. The molecule has 0 unspecified atom stereocenters. The van der Waals surface area contributed by atoms with Gasteiger partial charge >= 0.3 is 0 Å². The van der Waals surface area contributed by atoms with Crippen molar-refractivity contribution >= 4 is 11.6 Å². The average molecular weight is 233 g/mol. The first kappa shape index (κ1) is 11.3. The molecule has 0 aliphatic carbocycles. The lowest BCUT2D eigenvalue weighted by Gasteiger charge is -2.06. The fourth-order valence-corrected chi connectivity index (χ4v) is 1.47. The van der Waals surface area contributed by atoms with Crippen LogP contribution in [-0.4, -0.2) is 15.7 Å². The third-order valence-electron chi connectivity index (χ3n) is 2.33. The molecule has 1 aromatic carbocycles. The molecule has 0 saturated heterocycles. The zero-order valence-electron chi connectivity index (χ0n) is 9.35. The average Bonchev–Trinajstić information content (AvgIpc) is 2.64. The molecule has 0 spiro atoms. The van der Waals surface area contributed by atoms with E-state index in [1.165, 1.54) is 12.1 Å². The largest absolute Gasteiger partial charge is 0.324 e. The van der Waals surface area contributed by atoms with Crippen LogP contribution in [0.15, 0.2) is 36.5 Å². The van der Waals surface area contributed by atoms with E-state index in [-0.39, 0.29) is 18.3 Å². The van der Waals surface area contributed by atoms with Crippen LogP contribution in [0.4, 0.5) is 10.1 Å². The minimum atomic E-state index is -0.377. The summed E-state index contributed by atoms with van der Waals surface area (Å²) in [6.07, 6.45) is 1.63. The molecule has 0 atom stereocenters. The number of rotatable bonds is 3. The minimum absolute atomic E-state index is 0.120. The second kappa shape index (κ2) is 4.78. The second-order valence-electron chi connectivity index (χ2n) is 3.69. The number of benzene rings is 1. The molecule has 0 bridgehead atoms. The Morgan fingerprint density at radius 1 is 1.47 bits per heavy atom. The number of anilines is 1. The summed E-state index contributed by atoms with van der Waals surface area (Å²) in [5.74, 6) is -0.611. The Morgan fingerprint density at radius 2 is 2.29 bits per heavy atom. The lowest BCUT2D eigenvalue weighted by atomic mass is 10.3. The maximum Gasteiger partial charge on any atom is 0.246 e. The summed E-state index contributed by atoms with van der Waals surface area (Å²) in [7, 11) is 0. The first-order valence-electron chi connectivity index (χ1n) is 5.19. The highest BCUT2D eigenvalue weighted by molar-refractivity contribution is 5.90. The van der Waals surface area contributed by atoms with Crippen molar-refractivity contribution < 1.29 is 9.18 Å². The number of carbonyl (C=O) groups is 1. The quantitative estimate of drug-likeness (QED) is 0.881. The lowest BCUT2D eigenvalue weighted by molar-refractivity contribution is -0.116. The summed E-state index contributed by atoms with van der Waals surface area (Å²) in [5, 5.41) is 6.61.